The Labute approximate surface area is 152 Å². The molecule has 4 heterocycles. The monoisotopic (exact) mass is 366 g/mol. The lowest BCUT2D eigenvalue weighted by Gasteiger charge is -2.00. The third-order valence-electron chi connectivity index (χ3n) is 3.71. The quantitative estimate of drug-likeness (QED) is 0.568. The van der Waals surface area contributed by atoms with Crippen molar-refractivity contribution < 1.29 is 18.6 Å². The van der Waals surface area contributed by atoms with Crippen LogP contribution in [0.1, 0.15) is 32.6 Å². The van der Waals surface area contributed by atoms with E-state index < -0.39 is 11.8 Å². The average Bonchev–Trinajstić information content (AvgIpc) is 3.34. The van der Waals surface area contributed by atoms with E-state index in [9.17, 15) is 9.59 Å². The first-order chi connectivity index (χ1) is 13.0. The third-order valence-corrected chi connectivity index (χ3v) is 3.71. The molecule has 0 radical (unpaired) electrons. The number of pyridine rings is 1. The van der Waals surface area contributed by atoms with Gasteiger partial charge >= 0.3 is 0 Å². The number of carbonyl (C=O) groups excluding carboxylic acids is 2. The summed E-state index contributed by atoms with van der Waals surface area (Å²) in [5.41, 5.74) is 0.550. The van der Waals surface area contributed by atoms with Crippen LogP contribution in [0.15, 0.2) is 45.6 Å². The predicted molar refractivity (Wildman–Crippen MR) is 93.6 cm³/mol. The molecular weight excluding hydrogens is 352 g/mol. The molecule has 2 amide bonds. The number of amides is 2. The van der Waals surface area contributed by atoms with Crippen molar-refractivity contribution in [3.05, 3.63) is 59.6 Å². The van der Waals surface area contributed by atoms with Crippen LogP contribution in [-0.2, 0) is 0 Å². The Morgan fingerprint density at radius 3 is 2.19 bits per heavy atom. The first kappa shape index (κ1) is 16.5. The van der Waals surface area contributed by atoms with Crippen molar-refractivity contribution in [1.29, 1.82) is 0 Å². The number of anilines is 2. The van der Waals surface area contributed by atoms with Gasteiger partial charge in [-0.1, -0.05) is 16.4 Å². The molecule has 0 aliphatic heterocycles. The van der Waals surface area contributed by atoms with E-state index in [1.807, 2.05) is 0 Å². The Balaban J connectivity index is 1.68. The zero-order valence-corrected chi connectivity index (χ0v) is 14.4. The smallest absolute Gasteiger partial charge is 0.293 e. The van der Waals surface area contributed by atoms with Crippen molar-refractivity contribution in [3.8, 4) is 0 Å². The summed E-state index contributed by atoms with van der Waals surface area (Å²) in [5.74, 6) is 0.633. The first-order valence-corrected chi connectivity index (χ1v) is 7.97. The van der Waals surface area contributed by atoms with E-state index >= 15 is 0 Å². The molecule has 0 aliphatic rings. The summed E-state index contributed by atoms with van der Waals surface area (Å²) in [5, 5.41) is 12.6. The summed E-state index contributed by atoms with van der Waals surface area (Å²) in [6.45, 7) is 3.42. The fourth-order valence-corrected chi connectivity index (χ4v) is 2.56. The van der Waals surface area contributed by atoms with E-state index in [0.29, 0.717) is 17.0 Å². The molecule has 2 N–H and O–H groups in total. The SMILES string of the molecule is Cc1cc(NC(=O)c2nc(C(=O)Nc3cc(C)on3)n3ccccc23)no1. The molecule has 136 valence electrons. The van der Waals surface area contributed by atoms with Crippen molar-refractivity contribution >= 4 is 29.0 Å². The van der Waals surface area contributed by atoms with Crippen LogP contribution in [-0.4, -0.2) is 31.5 Å². The lowest BCUT2D eigenvalue weighted by Crippen LogP contribution is -2.16. The Morgan fingerprint density at radius 2 is 1.59 bits per heavy atom. The number of hydrogen-bond acceptors (Lipinski definition) is 7. The van der Waals surface area contributed by atoms with Crippen LogP contribution in [0, 0.1) is 13.8 Å². The lowest BCUT2D eigenvalue weighted by molar-refractivity contribution is 0.101. The zero-order valence-electron chi connectivity index (χ0n) is 14.4. The molecular formula is C17H14N6O4. The van der Waals surface area contributed by atoms with Crippen LogP contribution >= 0.6 is 0 Å². The number of nitrogens with zero attached hydrogens (tertiary/aromatic N) is 4. The fourth-order valence-electron chi connectivity index (χ4n) is 2.56. The summed E-state index contributed by atoms with van der Waals surface area (Å²) in [6, 6.07) is 8.32. The number of rotatable bonds is 4. The summed E-state index contributed by atoms with van der Waals surface area (Å²) < 4.78 is 11.4. The second-order valence-corrected chi connectivity index (χ2v) is 5.79. The van der Waals surface area contributed by atoms with Crippen molar-refractivity contribution in [2.24, 2.45) is 0 Å². The van der Waals surface area contributed by atoms with Crippen LogP contribution in [0.2, 0.25) is 0 Å². The van der Waals surface area contributed by atoms with Gasteiger partial charge in [-0.25, -0.2) is 4.98 Å². The van der Waals surface area contributed by atoms with Gasteiger partial charge in [0, 0.05) is 18.3 Å². The summed E-state index contributed by atoms with van der Waals surface area (Å²) in [7, 11) is 0. The van der Waals surface area contributed by atoms with E-state index in [0.717, 1.165) is 0 Å². The van der Waals surface area contributed by atoms with Gasteiger partial charge in [-0.3, -0.25) is 14.0 Å². The first-order valence-electron chi connectivity index (χ1n) is 7.97. The van der Waals surface area contributed by atoms with E-state index in [4.69, 9.17) is 9.05 Å². The van der Waals surface area contributed by atoms with Crippen LogP contribution in [0.4, 0.5) is 11.6 Å². The van der Waals surface area contributed by atoms with Crippen molar-refractivity contribution in [3.63, 3.8) is 0 Å². The van der Waals surface area contributed by atoms with Gasteiger partial charge in [-0.2, -0.15) is 0 Å². The number of aromatic nitrogens is 4. The van der Waals surface area contributed by atoms with Crippen molar-refractivity contribution in [1.82, 2.24) is 19.7 Å². The highest BCUT2D eigenvalue weighted by Gasteiger charge is 2.22. The Hall–Kier alpha value is -3.95. The number of fused-ring (bicyclic) bond motifs is 1. The molecule has 4 aromatic rings. The van der Waals surface area contributed by atoms with Gasteiger partial charge in [0.1, 0.15) is 11.5 Å². The van der Waals surface area contributed by atoms with E-state index in [1.165, 1.54) is 4.40 Å². The maximum Gasteiger partial charge on any atom is 0.293 e. The Bertz CT molecular complexity index is 1070. The third kappa shape index (κ3) is 3.15. The molecule has 0 atom stereocenters. The molecule has 0 bridgehead atoms. The van der Waals surface area contributed by atoms with Gasteiger partial charge < -0.3 is 19.7 Å². The molecule has 0 saturated heterocycles. The van der Waals surface area contributed by atoms with Gasteiger partial charge in [-0.05, 0) is 26.0 Å². The predicted octanol–water partition coefficient (Wildman–Crippen LogP) is 2.43. The van der Waals surface area contributed by atoms with Crippen LogP contribution < -0.4 is 10.6 Å². The van der Waals surface area contributed by atoms with Gasteiger partial charge in [0.15, 0.2) is 17.3 Å². The number of hydrogen-bond donors (Lipinski definition) is 2. The van der Waals surface area contributed by atoms with Crippen molar-refractivity contribution in [2.45, 2.75) is 13.8 Å². The molecule has 0 aromatic carbocycles. The minimum absolute atomic E-state index is 0.0349. The van der Waals surface area contributed by atoms with Gasteiger partial charge in [0.25, 0.3) is 11.8 Å². The van der Waals surface area contributed by atoms with E-state index in [-0.39, 0.29) is 23.2 Å². The topological polar surface area (TPSA) is 128 Å². The molecule has 4 rings (SSSR count). The molecule has 0 aliphatic carbocycles. The minimum atomic E-state index is -0.527. The molecule has 0 spiro atoms. The molecule has 27 heavy (non-hydrogen) atoms. The highest BCUT2D eigenvalue weighted by molar-refractivity contribution is 6.09. The van der Waals surface area contributed by atoms with Crippen LogP contribution in [0.5, 0.6) is 0 Å². The summed E-state index contributed by atoms with van der Waals surface area (Å²) in [4.78, 5) is 29.4. The molecule has 4 aromatic heterocycles. The maximum absolute atomic E-state index is 12.6. The number of aryl methyl sites for hydroxylation is 2. The maximum atomic E-state index is 12.6. The van der Waals surface area contributed by atoms with E-state index in [1.54, 1.807) is 50.4 Å². The van der Waals surface area contributed by atoms with Gasteiger partial charge in [-0.15, -0.1) is 0 Å². The molecule has 0 unspecified atom stereocenters. The number of carbonyl (C=O) groups is 2. The largest absolute Gasteiger partial charge is 0.360 e. The summed E-state index contributed by atoms with van der Waals surface area (Å²) >= 11 is 0. The minimum Gasteiger partial charge on any atom is -0.360 e. The normalized spacial score (nSPS) is 10.9. The number of nitrogens with one attached hydrogen (secondary N) is 2. The highest BCUT2D eigenvalue weighted by atomic mass is 16.5. The van der Waals surface area contributed by atoms with Crippen molar-refractivity contribution in [2.75, 3.05) is 10.6 Å². The van der Waals surface area contributed by atoms with Crippen LogP contribution in [0.3, 0.4) is 0 Å². The molecule has 0 saturated carbocycles. The summed E-state index contributed by atoms with van der Waals surface area (Å²) in [6.07, 6.45) is 1.64. The molecule has 0 fully saturated rings. The second kappa shape index (κ2) is 6.41. The Morgan fingerprint density at radius 1 is 0.963 bits per heavy atom. The standard InChI is InChI=1S/C17H14N6O4/c1-9-7-12(21-26-9)18-16(24)14-11-5-3-4-6-23(11)15(20-14)17(25)19-13-8-10(2)27-22-13/h3-8H,1-2H3,(H,18,21,24)(H,19,22,25). The zero-order chi connectivity index (χ0) is 19.0. The molecule has 10 nitrogen and oxygen atoms in total. The van der Waals surface area contributed by atoms with Gasteiger partial charge in [0.05, 0.1) is 5.52 Å². The van der Waals surface area contributed by atoms with Gasteiger partial charge in [0.2, 0.25) is 5.82 Å². The highest BCUT2D eigenvalue weighted by Crippen LogP contribution is 2.17. The number of imidazole rings is 1. The van der Waals surface area contributed by atoms with E-state index in [2.05, 4.69) is 25.9 Å². The van der Waals surface area contributed by atoms with Crippen LogP contribution in [0.25, 0.3) is 5.52 Å². The average molecular weight is 366 g/mol. The second-order valence-electron chi connectivity index (χ2n) is 5.79. The fraction of sp³-hybridized carbons (Fsp3) is 0.118. The Kier molecular flexibility index (Phi) is 3.92. The molecule has 10 heteroatoms. The lowest BCUT2D eigenvalue weighted by atomic mass is 10.3.